The molecule has 2 fully saturated rings. The molecule has 0 aliphatic heterocycles. The number of aliphatic imine (C=N–C) groups is 2. The van der Waals surface area contributed by atoms with Gasteiger partial charge in [0, 0.05) is 0 Å². The summed E-state index contributed by atoms with van der Waals surface area (Å²) >= 11 is 0. The second-order valence-corrected chi connectivity index (χ2v) is 11.1. The molecule has 4 unspecified atom stereocenters. The summed E-state index contributed by atoms with van der Waals surface area (Å²) in [5.74, 6) is 1.41. The van der Waals surface area contributed by atoms with Crippen LogP contribution in [0.15, 0.2) is 9.98 Å². The Bertz CT molecular complexity index is 467. The van der Waals surface area contributed by atoms with Gasteiger partial charge < -0.3 is 0 Å². The van der Waals surface area contributed by atoms with Gasteiger partial charge in [-0.05, 0) is 62.2 Å². The molecule has 150 valence electrons. The summed E-state index contributed by atoms with van der Waals surface area (Å²) in [7, 11) is 0. The Balaban J connectivity index is 2.17. The molecule has 2 saturated carbocycles. The van der Waals surface area contributed by atoms with Gasteiger partial charge in [0.2, 0.25) is 0 Å². The summed E-state index contributed by atoms with van der Waals surface area (Å²) in [5.41, 5.74) is 3.06. The fraction of sp³-hybridized carbons (Fsp3) is 0.917. The maximum absolute atomic E-state index is 5.22. The lowest BCUT2D eigenvalue weighted by molar-refractivity contribution is 0.153. The SMILES string of the molecule is CC(=NC1CCCCC1C(C)(C)C)C(C)=NC1CCCCC1C(C)(C)C. The van der Waals surface area contributed by atoms with Crippen molar-refractivity contribution in [3.05, 3.63) is 0 Å². The highest BCUT2D eigenvalue weighted by atomic mass is 14.9. The van der Waals surface area contributed by atoms with Crippen molar-refractivity contribution < 1.29 is 0 Å². The fourth-order valence-electron chi connectivity index (χ4n) is 5.24. The zero-order chi connectivity index (χ0) is 19.5. The standard InChI is InChI=1S/C24H44N2/c1-17(25-21-15-11-9-13-19(21)23(3,4)5)18(2)26-22-16-12-10-14-20(22)24(6,7)8/h19-22H,9-16H2,1-8H3. The molecule has 0 bridgehead atoms. The zero-order valence-electron chi connectivity index (χ0n) is 18.9. The molecule has 0 radical (unpaired) electrons. The van der Waals surface area contributed by atoms with Gasteiger partial charge in [0.25, 0.3) is 0 Å². The Kier molecular flexibility index (Phi) is 7.13. The van der Waals surface area contributed by atoms with Crippen molar-refractivity contribution in [1.29, 1.82) is 0 Å². The van der Waals surface area contributed by atoms with Crippen molar-refractivity contribution in [2.75, 3.05) is 0 Å². The van der Waals surface area contributed by atoms with Crippen LogP contribution in [0.4, 0.5) is 0 Å². The molecule has 0 aromatic rings. The maximum Gasteiger partial charge on any atom is 0.0536 e. The normalized spacial score (nSPS) is 32.6. The summed E-state index contributed by atoms with van der Waals surface area (Å²) < 4.78 is 0. The first-order valence-electron chi connectivity index (χ1n) is 11.1. The van der Waals surface area contributed by atoms with Crippen molar-refractivity contribution in [3.63, 3.8) is 0 Å². The van der Waals surface area contributed by atoms with E-state index >= 15 is 0 Å². The molecule has 0 amide bonds. The molecule has 0 aromatic carbocycles. The average Bonchev–Trinajstić information content (AvgIpc) is 2.53. The third kappa shape index (κ3) is 5.67. The van der Waals surface area contributed by atoms with Gasteiger partial charge >= 0.3 is 0 Å². The third-order valence-corrected chi connectivity index (χ3v) is 6.93. The highest BCUT2D eigenvalue weighted by Crippen LogP contribution is 2.41. The van der Waals surface area contributed by atoms with Gasteiger partial charge in [-0.25, -0.2) is 0 Å². The first-order chi connectivity index (χ1) is 12.0. The van der Waals surface area contributed by atoms with E-state index in [1.807, 2.05) is 0 Å². The summed E-state index contributed by atoms with van der Waals surface area (Å²) in [4.78, 5) is 10.4. The molecule has 26 heavy (non-hydrogen) atoms. The van der Waals surface area contributed by atoms with Gasteiger partial charge in [-0.15, -0.1) is 0 Å². The van der Waals surface area contributed by atoms with Crippen molar-refractivity contribution in [3.8, 4) is 0 Å². The van der Waals surface area contributed by atoms with Crippen LogP contribution in [0, 0.1) is 22.7 Å². The zero-order valence-corrected chi connectivity index (χ0v) is 18.9. The van der Waals surface area contributed by atoms with Crippen LogP contribution in [0.25, 0.3) is 0 Å². The van der Waals surface area contributed by atoms with Gasteiger partial charge in [0.05, 0.1) is 23.5 Å². The molecule has 2 rings (SSSR count). The van der Waals surface area contributed by atoms with E-state index in [9.17, 15) is 0 Å². The summed E-state index contributed by atoms with van der Waals surface area (Å²) in [6.07, 6.45) is 10.6. The number of hydrogen-bond acceptors (Lipinski definition) is 2. The smallest absolute Gasteiger partial charge is 0.0536 e. The van der Waals surface area contributed by atoms with Crippen LogP contribution in [0.5, 0.6) is 0 Å². The monoisotopic (exact) mass is 360 g/mol. The molecule has 2 aliphatic carbocycles. The average molecular weight is 361 g/mol. The van der Waals surface area contributed by atoms with Crippen molar-refractivity contribution in [1.82, 2.24) is 0 Å². The minimum atomic E-state index is 0.348. The predicted octanol–water partition coefficient (Wildman–Crippen LogP) is 7.12. The molecule has 0 aromatic heterocycles. The lowest BCUT2D eigenvalue weighted by atomic mass is 9.69. The van der Waals surface area contributed by atoms with Crippen LogP contribution >= 0.6 is 0 Å². The van der Waals surface area contributed by atoms with Crippen molar-refractivity contribution >= 4 is 11.4 Å². The van der Waals surface area contributed by atoms with E-state index in [1.54, 1.807) is 0 Å². The molecular weight excluding hydrogens is 316 g/mol. The molecule has 0 N–H and O–H groups in total. The van der Waals surface area contributed by atoms with Crippen LogP contribution in [-0.2, 0) is 0 Å². The van der Waals surface area contributed by atoms with E-state index in [0.29, 0.717) is 34.7 Å². The van der Waals surface area contributed by atoms with E-state index in [4.69, 9.17) is 9.98 Å². The number of rotatable bonds is 3. The highest BCUT2D eigenvalue weighted by Gasteiger charge is 2.35. The molecule has 0 heterocycles. The first-order valence-corrected chi connectivity index (χ1v) is 11.1. The third-order valence-electron chi connectivity index (χ3n) is 6.93. The van der Waals surface area contributed by atoms with Gasteiger partial charge in [0.15, 0.2) is 0 Å². The van der Waals surface area contributed by atoms with E-state index in [-0.39, 0.29) is 0 Å². The minimum absolute atomic E-state index is 0.348. The highest BCUT2D eigenvalue weighted by molar-refractivity contribution is 6.40. The molecule has 2 nitrogen and oxygen atoms in total. The lowest BCUT2D eigenvalue weighted by Crippen LogP contribution is -2.36. The largest absolute Gasteiger partial charge is 0.285 e. The molecule has 0 spiro atoms. The van der Waals surface area contributed by atoms with E-state index in [2.05, 4.69) is 55.4 Å². The Morgan fingerprint density at radius 2 is 0.885 bits per heavy atom. The van der Waals surface area contributed by atoms with Crippen molar-refractivity contribution in [2.45, 2.75) is 119 Å². The summed E-state index contributed by atoms with van der Waals surface area (Å²) in [6.45, 7) is 18.7. The van der Waals surface area contributed by atoms with E-state index in [0.717, 1.165) is 0 Å². The summed E-state index contributed by atoms with van der Waals surface area (Å²) in [6, 6.07) is 0.970. The van der Waals surface area contributed by atoms with E-state index in [1.165, 1.54) is 62.8 Å². The van der Waals surface area contributed by atoms with Gasteiger partial charge in [-0.3, -0.25) is 9.98 Å². The summed E-state index contributed by atoms with van der Waals surface area (Å²) in [5, 5.41) is 0. The van der Waals surface area contributed by atoms with E-state index < -0.39 is 0 Å². The first kappa shape index (κ1) is 21.6. The fourth-order valence-corrected chi connectivity index (χ4v) is 5.24. The van der Waals surface area contributed by atoms with Crippen LogP contribution < -0.4 is 0 Å². The van der Waals surface area contributed by atoms with Crippen LogP contribution in [0.3, 0.4) is 0 Å². The second kappa shape index (κ2) is 8.57. The van der Waals surface area contributed by atoms with Crippen LogP contribution in [0.2, 0.25) is 0 Å². The van der Waals surface area contributed by atoms with Gasteiger partial charge in [-0.1, -0.05) is 67.2 Å². The topological polar surface area (TPSA) is 24.7 Å². The number of hydrogen-bond donors (Lipinski definition) is 0. The Morgan fingerprint density at radius 3 is 1.19 bits per heavy atom. The van der Waals surface area contributed by atoms with Crippen molar-refractivity contribution in [2.24, 2.45) is 32.7 Å². The second-order valence-electron chi connectivity index (χ2n) is 11.1. The van der Waals surface area contributed by atoms with Crippen LogP contribution in [0.1, 0.15) is 107 Å². The Labute approximate surface area is 163 Å². The quantitative estimate of drug-likeness (QED) is 0.479. The molecule has 2 heteroatoms. The molecule has 4 atom stereocenters. The Morgan fingerprint density at radius 1 is 0.577 bits per heavy atom. The minimum Gasteiger partial charge on any atom is -0.285 e. The van der Waals surface area contributed by atoms with Gasteiger partial charge in [-0.2, -0.15) is 0 Å². The molecular formula is C24H44N2. The molecule has 2 aliphatic rings. The van der Waals surface area contributed by atoms with Crippen LogP contribution in [-0.4, -0.2) is 23.5 Å². The predicted molar refractivity (Wildman–Crippen MR) is 117 cm³/mol. The maximum atomic E-state index is 5.22. The molecule has 0 saturated heterocycles. The Hall–Kier alpha value is -0.660. The lowest BCUT2D eigenvalue weighted by Gasteiger charge is -2.39. The van der Waals surface area contributed by atoms with Gasteiger partial charge in [0.1, 0.15) is 0 Å². The number of nitrogens with zero attached hydrogens (tertiary/aromatic N) is 2.